The summed E-state index contributed by atoms with van der Waals surface area (Å²) in [5.41, 5.74) is 1.71. The zero-order valence-electron chi connectivity index (χ0n) is 10.5. The molecule has 0 bridgehead atoms. The number of aryl methyl sites for hydroxylation is 1. The number of hydrogen-bond donors (Lipinski definition) is 1. The largest absolute Gasteiger partial charge is 0.458 e. The molecule has 0 saturated heterocycles. The Morgan fingerprint density at radius 2 is 2.29 bits per heavy atom. The second-order valence-corrected chi connectivity index (χ2v) is 5.30. The molecule has 0 aromatic carbocycles. The van der Waals surface area contributed by atoms with Gasteiger partial charge in [0.25, 0.3) is 0 Å². The number of nitrogens with one attached hydrogen (secondary N) is 1. The van der Waals surface area contributed by atoms with Gasteiger partial charge in [-0.25, -0.2) is 4.79 Å². The smallest absolute Gasteiger partial charge is 0.329 e. The predicted octanol–water partition coefficient (Wildman–Crippen LogP) is 2.15. The number of esters is 1. The molecule has 4 heteroatoms. The van der Waals surface area contributed by atoms with Crippen LogP contribution in [0, 0.1) is 0 Å². The minimum absolute atomic E-state index is 0.181. The lowest BCUT2D eigenvalue weighted by molar-refractivity contribution is -0.156. The molecule has 1 aromatic rings. The van der Waals surface area contributed by atoms with Crippen LogP contribution in [0.2, 0.25) is 0 Å². The van der Waals surface area contributed by atoms with Crippen LogP contribution in [0.5, 0.6) is 0 Å². The molecule has 0 saturated carbocycles. The van der Waals surface area contributed by atoms with Crippen molar-refractivity contribution in [3.63, 3.8) is 0 Å². The Balaban J connectivity index is 2.05. The summed E-state index contributed by atoms with van der Waals surface area (Å²) < 4.78 is 5.38. The van der Waals surface area contributed by atoms with Crippen molar-refractivity contribution < 1.29 is 9.53 Å². The number of carbonyl (C=O) groups excluding carboxylic acids is 1. The number of anilines is 1. The van der Waals surface area contributed by atoms with Crippen LogP contribution >= 0.6 is 0 Å². The fourth-order valence-electron chi connectivity index (χ4n) is 1.88. The van der Waals surface area contributed by atoms with Gasteiger partial charge in [0.2, 0.25) is 0 Å². The van der Waals surface area contributed by atoms with E-state index in [1.807, 2.05) is 33.0 Å². The molecule has 1 N–H and O–H groups in total. The minimum atomic E-state index is -0.433. The molecule has 1 aliphatic rings. The first-order chi connectivity index (χ1) is 7.96. The lowest BCUT2D eigenvalue weighted by atomic mass is 10.00. The number of carbonyl (C=O) groups is 1. The lowest BCUT2D eigenvalue weighted by Gasteiger charge is -2.28. The van der Waals surface area contributed by atoms with Gasteiger partial charge in [-0.1, -0.05) is 0 Å². The Kier molecular flexibility index (Phi) is 3.05. The first kappa shape index (κ1) is 11.9. The van der Waals surface area contributed by atoms with Gasteiger partial charge in [-0.15, -0.1) is 0 Å². The average Bonchev–Trinajstić information content (AvgIpc) is 2.26. The Morgan fingerprint density at radius 3 is 3.00 bits per heavy atom. The van der Waals surface area contributed by atoms with Crippen molar-refractivity contribution in [2.75, 3.05) is 5.32 Å². The maximum absolute atomic E-state index is 11.9. The van der Waals surface area contributed by atoms with E-state index in [9.17, 15) is 4.79 Å². The molecular formula is C13H18N2O2. The van der Waals surface area contributed by atoms with Gasteiger partial charge in [0.05, 0.1) is 0 Å². The zero-order chi connectivity index (χ0) is 12.5. The van der Waals surface area contributed by atoms with E-state index in [0.717, 1.165) is 24.1 Å². The van der Waals surface area contributed by atoms with Crippen molar-refractivity contribution in [2.24, 2.45) is 0 Å². The van der Waals surface area contributed by atoms with Crippen molar-refractivity contribution in [1.29, 1.82) is 0 Å². The van der Waals surface area contributed by atoms with Crippen molar-refractivity contribution in [3.05, 3.63) is 24.0 Å². The summed E-state index contributed by atoms with van der Waals surface area (Å²) in [6, 6.07) is 1.65. The van der Waals surface area contributed by atoms with Gasteiger partial charge in [0, 0.05) is 18.1 Å². The van der Waals surface area contributed by atoms with Gasteiger partial charge in [-0.2, -0.15) is 0 Å². The number of pyridine rings is 1. The summed E-state index contributed by atoms with van der Waals surface area (Å²) >= 11 is 0. The molecule has 1 aromatic heterocycles. The molecule has 0 amide bonds. The standard InChI is InChI=1S/C13H18N2O2/c1-13(2,3)17-12(16)11-5-4-9-8-14-7-6-10(9)15-11/h6-8,11,15H,4-5H2,1-3H3. The summed E-state index contributed by atoms with van der Waals surface area (Å²) in [4.78, 5) is 16.0. The number of rotatable bonds is 1. The molecule has 1 unspecified atom stereocenters. The van der Waals surface area contributed by atoms with E-state index >= 15 is 0 Å². The highest BCUT2D eigenvalue weighted by Gasteiger charge is 2.28. The average molecular weight is 234 g/mol. The first-order valence-corrected chi connectivity index (χ1v) is 5.88. The van der Waals surface area contributed by atoms with Gasteiger partial charge in [0.15, 0.2) is 0 Å². The quantitative estimate of drug-likeness (QED) is 0.756. The Hall–Kier alpha value is -1.58. The number of aromatic nitrogens is 1. The molecule has 2 heterocycles. The molecule has 4 nitrogen and oxygen atoms in total. The molecule has 0 spiro atoms. The summed E-state index contributed by atoms with van der Waals surface area (Å²) in [7, 11) is 0. The van der Waals surface area contributed by atoms with E-state index < -0.39 is 5.60 Å². The highest BCUT2D eigenvalue weighted by molar-refractivity contribution is 5.80. The molecular weight excluding hydrogens is 216 g/mol. The zero-order valence-corrected chi connectivity index (χ0v) is 10.5. The Bertz CT molecular complexity index is 424. The van der Waals surface area contributed by atoms with Crippen molar-refractivity contribution in [2.45, 2.75) is 45.3 Å². The fraction of sp³-hybridized carbons (Fsp3) is 0.538. The fourth-order valence-corrected chi connectivity index (χ4v) is 1.88. The molecule has 2 rings (SSSR count). The highest BCUT2D eigenvalue weighted by atomic mass is 16.6. The van der Waals surface area contributed by atoms with Gasteiger partial charge in [-0.05, 0) is 45.2 Å². The molecule has 0 fully saturated rings. The van der Waals surface area contributed by atoms with E-state index in [0.29, 0.717) is 0 Å². The van der Waals surface area contributed by atoms with Crippen molar-refractivity contribution in [3.8, 4) is 0 Å². The first-order valence-electron chi connectivity index (χ1n) is 5.88. The Morgan fingerprint density at radius 1 is 1.53 bits per heavy atom. The summed E-state index contributed by atoms with van der Waals surface area (Å²) in [6.45, 7) is 5.64. The van der Waals surface area contributed by atoms with Crippen LogP contribution < -0.4 is 5.32 Å². The Labute approximate surface area is 101 Å². The SMILES string of the molecule is CC(C)(C)OC(=O)C1CCc2cnccc2N1. The van der Waals surface area contributed by atoms with Crippen molar-refractivity contribution >= 4 is 11.7 Å². The van der Waals surface area contributed by atoms with E-state index in [2.05, 4.69) is 10.3 Å². The number of fused-ring (bicyclic) bond motifs is 1. The lowest BCUT2D eigenvalue weighted by Crippen LogP contribution is -2.38. The predicted molar refractivity (Wildman–Crippen MR) is 65.8 cm³/mol. The molecule has 1 atom stereocenters. The van der Waals surface area contributed by atoms with E-state index in [4.69, 9.17) is 4.74 Å². The van der Waals surface area contributed by atoms with Gasteiger partial charge in [-0.3, -0.25) is 4.98 Å². The second-order valence-electron chi connectivity index (χ2n) is 5.30. The van der Waals surface area contributed by atoms with Crippen molar-refractivity contribution in [1.82, 2.24) is 4.98 Å². The minimum Gasteiger partial charge on any atom is -0.458 e. The van der Waals surface area contributed by atoms with Crippen LogP contribution in [0.4, 0.5) is 5.69 Å². The molecule has 92 valence electrons. The molecule has 17 heavy (non-hydrogen) atoms. The third-order valence-corrected chi connectivity index (χ3v) is 2.63. The van der Waals surface area contributed by atoms with E-state index in [1.165, 1.54) is 0 Å². The molecule has 0 radical (unpaired) electrons. The van der Waals surface area contributed by atoms with Gasteiger partial charge < -0.3 is 10.1 Å². The summed E-state index contributed by atoms with van der Waals surface area (Å²) in [5.74, 6) is -0.181. The van der Waals surface area contributed by atoms with Gasteiger partial charge >= 0.3 is 5.97 Å². The van der Waals surface area contributed by atoms with Crippen LogP contribution in [0.25, 0.3) is 0 Å². The topological polar surface area (TPSA) is 51.2 Å². The number of hydrogen-bond acceptors (Lipinski definition) is 4. The highest BCUT2D eigenvalue weighted by Crippen LogP contribution is 2.24. The maximum Gasteiger partial charge on any atom is 0.329 e. The maximum atomic E-state index is 11.9. The van der Waals surface area contributed by atoms with Crippen LogP contribution in [0.15, 0.2) is 18.5 Å². The van der Waals surface area contributed by atoms with Crippen LogP contribution in [0.1, 0.15) is 32.8 Å². The molecule has 0 aliphatic carbocycles. The monoisotopic (exact) mass is 234 g/mol. The summed E-state index contributed by atoms with van der Waals surface area (Å²) in [6.07, 6.45) is 5.19. The van der Waals surface area contributed by atoms with Crippen LogP contribution in [-0.4, -0.2) is 22.6 Å². The third-order valence-electron chi connectivity index (χ3n) is 2.63. The van der Waals surface area contributed by atoms with E-state index in [1.54, 1.807) is 6.20 Å². The number of nitrogens with zero attached hydrogens (tertiary/aromatic N) is 1. The van der Waals surface area contributed by atoms with Gasteiger partial charge in [0.1, 0.15) is 11.6 Å². The second kappa shape index (κ2) is 4.35. The summed E-state index contributed by atoms with van der Waals surface area (Å²) in [5, 5.41) is 3.20. The number of ether oxygens (including phenoxy) is 1. The van der Waals surface area contributed by atoms with Crippen LogP contribution in [-0.2, 0) is 16.0 Å². The van der Waals surface area contributed by atoms with E-state index in [-0.39, 0.29) is 12.0 Å². The third kappa shape index (κ3) is 2.96. The normalized spacial score (nSPS) is 19.1. The van der Waals surface area contributed by atoms with Crippen LogP contribution in [0.3, 0.4) is 0 Å². The molecule has 1 aliphatic heterocycles.